The topological polar surface area (TPSA) is 37.8 Å². The number of pyridine rings is 2. The molecule has 25 heavy (non-hydrogen) atoms. The maximum absolute atomic E-state index is 6.05. The highest BCUT2D eigenvalue weighted by Crippen LogP contribution is 2.41. The lowest BCUT2D eigenvalue weighted by Gasteiger charge is -2.24. The molecule has 1 aliphatic heterocycles. The van der Waals surface area contributed by atoms with Gasteiger partial charge in [0.05, 0.1) is 11.2 Å². The predicted octanol–water partition coefficient (Wildman–Crippen LogP) is 5.54. The molecular weight excluding hydrogens is 330 g/mol. The van der Waals surface area contributed by atoms with E-state index in [0.29, 0.717) is 11.7 Å². The minimum absolute atomic E-state index is 0.485. The normalized spacial score (nSPS) is 12.4. The Bertz CT molecular complexity index is 1110. The Labute approximate surface area is 150 Å². The van der Waals surface area contributed by atoms with Crippen molar-refractivity contribution in [3.05, 3.63) is 77.4 Å². The summed E-state index contributed by atoms with van der Waals surface area (Å²) < 4.78 is 0. The number of aromatic nitrogens is 2. The van der Waals surface area contributed by atoms with Crippen LogP contribution >= 0.6 is 11.6 Å². The number of hydrogen-bond donors (Lipinski definition) is 1. The summed E-state index contributed by atoms with van der Waals surface area (Å²) in [7, 11) is 0. The fourth-order valence-corrected chi connectivity index (χ4v) is 3.66. The molecule has 1 N–H and O–H groups in total. The van der Waals surface area contributed by atoms with Crippen molar-refractivity contribution < 1.29 is 0 Å². The van der Waals surface area contributed by atoms with Gasteiger partial charge in [-0.2, -0.15) is 0 Å². The van der Waals surface area contributed by atoms with Crippen molar-refractivity contribution in [3.63, 3.8) is 0 Å². The molecular formula is C21H14ClN3. The van der Waals surface area contributed by atoms with Gasteiger partial charge in [0.2, 0.25) is 0 Å². The molecule has 4 heteroatoms. The maximum Gasteiger partial charge on any atom is 0.137 e. The Morgan fingerprint density at radius 3 is 2.52 bits per heavy atom. The summed E-state index contributed by atoms with van der Waals surface area (Å²) in [5.74, 6) is 0.793. The first kappa shape index (κ1) is 14.4. The summed E-state index contributed by atoms with van der Waals surface area (Å²) in [5.41, 5.74) is 6.59. The molecule has 0 bridgehead atoms. The molecule has 4 aromatic rings. The fourth-order valence-electron chi connectivity index (χ4n) is 3.51. The number of para-hydroxylation sites is 1. The minimum Gasteiger partial charge on any atom is -0.365 e. The van der Waals surface area contributed by atoms with E-state index < -0.39 is 0 Å². The van der Waals surface area contributed by atoms with Crippen LogP contribution in [0.2, 0.25) is 5.15 Å². The first-order valence-corrected chi connectivity index (χ1v) is 8.57. The van der Waals surface area contributed by atoms with E-state index in [1.807, 2.05) is 24.3 Å². The summed E-state index contributed by atoms with van der Waals surface area (Å²) >= 11 is 6.05. The number of anilines is 1. The third kappa shape index (κ3) is 2.28. The Morgan fingerprint density at radius 1 is 0.840 bits per heavy atom. The highest BCUT2D eigenvalue weighted by atomic mass is 35.5. The third-order valence-corrected chi connectivity index (χ3v) is 4.82. The number of benzene rings is 2. The molecule has 0 amide bonds. The maximum atomic E-state index is 6.05. The van der Waals surface area contributed by atoms with Gasteiger partial charge in [0.25, 0.3) is 0 Å². The number of hydrogen-bond acceptors (Lipinski definition) is 3. The zero-order valence-corrected chi connectivity index (χ0v) is 14.1. The van der Waals surface area contributed by atoms with Gasteiger partial charge in [0, 0.05) is 23.1 Å². The van der Waals surface area contributed by atoms with Gasteiger partial charge in [-0.3, -0.25) is 0 Å². The number of rotatable bonds is 1. The molecule has 0 atom stereocenters. The highest BCUT2D eigenvalue weighted by Gasteiger charge is 2.23. The van der Waals surface area contributed by atoms with E-state index in [0.717, 1.165) is 22.6 Å². The van der Waals surface area contributed by atoms with Crippen molar-refractivity contribution in [1.82, 2.24) is 9.97 Å². The molecule has 2 aromatic heterocycles. The van der Waals surface area contributed by atoms with Gasteiger partial charge in [0.15, 0.2) is 0 Å². The third-order valence-electron chi connectivity index (χ3n) is 4.60. The summed E-state index contributed by atoms with van der Waals surface area (Å²) in [5, 5.41) is 5.05. The van der Waals surface area contributed by atoms with E-state index in [1.54, 1.807) is 0 Å². The van der Waals surface area contributed by atoms with Crippen LogP contribution in [0.15, 0.2) is 66.7 Å². The molecule has 0 saturated heterocycles. The summed E-state index contributed by atoms with van der Waals surface area (Å²) in [6, 6.07) is 22.6. The SMILES string of the molecule is Clc1ccc2c(n1)NCc1c-2nc2ccccc2c1-c1ccccc1. The first-order valence-electron chi connectivity index (χ1n) is 8.19. The van der Waals surface area contributed by atoms with Gasteiger partial charge < -0.3 is 5.32 Å². The summed E-state index contributed by atoms with van der Waals surface area (Å²) in [6.07, 6.45) is 0. The van der Waals surface area contributed by atoms with Crippen LogP contribution in [0.5, 0.6) is 0 Å². The zero-order valence-electron chi connectivity index (χ0n) is 13.3. The molecule has 3 nitrogen and oxygen atoms in total. The summed E-state index contributed by atoms with van der Waals surface area (Å²) in [4.78, 5) is 9.36. The van der Waals surface area contributed by atoms with Crippen LogP contribution in [0, 0.1) is 0 Å². The largest absolute Gasteiger partial charge is 0.365 e. The lowest BCUT2D eigenvalue weighted by Crippen LogP contribution is -2.13. The first-order chi connectivity index (χ1) is 12.3. The van der Waals surface area contributed by atoms with Gasteiger partial charge in [-0.15, -0.1) is 0 Å². The van der Waals surface area contributed by atoms with Crippen molar-refractivity contribution in [2.45, 2.75) is 6.54 Å². The predicted molar refractivity (Wildman–Crippen MR) is 103 cm³/mol. The molecule has 3 heterocycles. The molecule has 2 aromatic carbocycles. The van der Waals surface area contributed by atoms with Gasteiger partial charge in [-0.1, -0.05) is 60.1 Å². The smallest absolute Gasteiger partial charge is 0.137 e. The minimum atomic E-state index is 0.485. The number of nitrogens with one attached hydrogen (secondary N) is 1. The molecule has 0 aliphatic carbocycles. The molecule has 0 radical (unpaired) electrons. The van der Waals surface area contributed by atoms with Crippen molar-refractivity contribution in [2.24, 2.45) is 0 Å². The van der Waals surface area contributed by atoms with Crippen LogP contribution in [0.4, 0.5) is 5.82 Å². The standard InChI is InChI=1S/C21H14ClN3/c22-18-11-10-15-20-16(12-23-21(15)25-18)19(13-6-2-1-3-7-13)14-8-4-5-9-17(14)24-20/h1-11H,12H2,(H,23,25). The Balaban J connectivity index is 1.90. The second-order valence-corrected chi connectivity index (χ2v) is 6.47. The Morgan fingerprint density at radius 2 is 1.64 bits per heavy atom. The van der Waals surface area contributed by atoms with Crippen LogP contribution in [0.1, 0.15) is 5.56 Å². The molecule has 0 spiro atoms. The van der Waals surface area contributed by atoms with Crippen LogP contribution in [-0.4, -0.2) is 9.97 Å². The summed E-state index contributed by atoms with van der Waals surface area (Å²) in [6.45, 7) is 0.678. The Hall–Kier alpha value is -2.91. The average molecular weight is 344 g/mol. The molecule has 0 unspecified atom stereocenters. The van der Waals surface area contributed by atoms with Crippen molar-refractivity contribution >= 4 is 28.3 Å². The molecule has 0 fully saturated rings. The monoisotopic (exact) mass is 343 g/mol. The van der Waals surface area contributed by atoms with E-state index in [9.17, 15) is 0 Å². The van der Waals surface area contributed by atoms with E-state index in [4.69, 9.17) is 16.6 Å². The quantitative estimate of drug-likeness (QED) is 0.461. The van der Waals surface area contributed by atoms with Crippen LogP contribution < -0.4 is 5.32 Å². The molecule has 0 saturated carbocycles. The lowest BCUT2D eigenvalue weighted by molar-refractivity contribution is 1.07. The van der Waals surface area contributed by atoms with Crippen molar-refractivity contribution in [3.8, 4) is 22.4 Å². The van der Waals surface area contributed by atoms with Crippen LogP contribution in [-0.2, 0) is 6.54 Å². The molecule has 1 aliphatic rings. The molecule has 5 rings (SSSR count). The Kier molecular flexibility index (Phi) is 3.22. The second kappa shape index (κ2) is 5.57. The van der Waals surface area contributed by atoms with Crippen LogP contribution in [0.25, 0.3) is 33.3 Å². The zero-order chi connectivity index (χ0) is 16.8. The molecule has 120 valence electrons. The van der Waals surface area contributed by atoms with Crippen LogP contribution in [0.3, 0.4) is 0 Å². The number of nitrogens with zero attached hydrogens (tertiary/aromatic N) is 2. The van der Waals surface area contributed by atoms with Gasteiger partial charge >= 0.3 is 0 Å². The van der Waals surface area contributed by atoms with Crippen molar-refractivity contribution in [1.29, 1.82) is 0 Å². The van der Waals surface area contributed by atoms with E-state index in [1.165, 1.54) is 22.1 Å². The van der Waals surface area contributed by atoms with E-state index >= 15 is 0 Å². The van der Waals surface area contributed by atoms with Gasteiger partial charge in [0.1, 0.15) is 11.0 Å². The fraction of sp³-hybridized carbons (Fsp3) is 0.0476. The van der Waals surface area contributed by atoms with E-state index in [2.05, 4.69) is 52.8 Å². The highest BCUT2D eigenvalue weighted by molar-refractivity contribution is 6.29. The number of halogens is 1. The van der Waals surface area contributed by atoms with Gasteiger partial charge in [-0.05, 0) is 29.3 Å². The van der Waals surface area contributed by atoms with Crippen molar-refractivity contribution in [2.75, 3.05) is 5.32 Å². The number of fused-ring (bicyclic) bond motifs is 4. The van der Waals surface area contributed by atoms with Gasteiger partial charge in [-0.25, -0.2) is 9.97 Å². The second-order valence-electron chi connectivity index (χ2n) is 6.08. The average Bonchev–Trinajstić information content (AvgIpc) is 2.66. The lowest BCUT2D eigenvalue weighted by atomic mass is 9.90. The van der Waals surface area contributed by atoms with E-state index in [-0.39, 0.29) is 0 Å².